The number of hydrogen-bond acceptors (Lipinski definition) is 3. The van der Waals surface area contributed by atoms with Gasteiger partial charge in [-0.2, -0.15) is 0 Å². The van der Waals surface area contributed by atoms with Crippen LogP contribution in [-0.2, 0) is 7.05 Å². The maximum Gasteiger partial charge on any atom is 0.154 e. The SMILES string of the molecule is Cn1nnc(Br)c1C(O)CCCCl. The lowest BCUT2D eigenvalue weighted by molar-refractivity contribution is 0.156. The highest BCUT2D eigenvalue weighted by Crippen LogP contribution is 2.23. The quantitative estimate of drug-likeness (QED) is 0.845. The molecule has 0 bridgehead atoms. The van der Waals surface area contributed by atoms with Gasteiger partial charge in [-0.1, -0.05) is 5.21 Å². The summed E-state index contributed by atoms with van der Waals surface area (Å²) >= 11 is 8.75. The third-order valence-electron chi connectivity index (χ3n) is 1.75. The Morgan fingerprint density at radius 1 is 1.69 bits per heavy atom. The topological polar surface area (TPSA) is 50.9 Å². The second-order valence-electron chi connectivity index (χ2n) is 2.74. The van der Waals surface area contributed by atoms with Gasteiger partial charge in [0.1, 0.15) is 5.69 Å². The van der Waals surface area contributed by atoms with Crippen molar-refractivity contribution in [3.63, 3.8) is 0 Å². The summed E-state index contributed by atoms with van der Waals surface area (Å²) in [5, 5.41) is 17.3. The molecule has 1 unspecified atom stereocenters. The molecule has 6 heteroatoms. The number of hydrogen-bond donors (Lipinski definition) is 1. The molecule has 0 amide bonds. The van der Waals surface area contributed by atoms with E-state index in [0.717, 1.165) is 6.42 Å². The molecule has 0 aromatic carbocycles. The van der Waals surface area contributed by atoms with Crippen molar-refractivity contribution in [2.45, 2.75) is 18.9 Å². The van der Waals surface area contributed by atoms with E-state index in [-0.39, 0.29) is 0 Å². The average Bonchev–Trinajstić information content (AvgIpc) is 2.42. The highest BCUT2D eigenvalue weighted by atomic mass is 79.9. The molecular formula is C7H11BrClN3O. The summed E-state index contributed by atoms with van der Waals surface area (Å²) in [5.74, 6) is 0.556. The van der Waals surface area contributed by atoms with Crippen molar-refractivity contribution in [1.82, 2.24) is 15.0 Å². The van der Waals surface area contributed by atoms with Gasteiger partial charge >= 0.3 is 0 Å². The van der Waals surface area contributed by atoms with E-state index < -0.39 is 6.10 Å². The second-order valence-corrected chi connectivity index (χ2v) is 3.87. The summed E-state index contributed by atoms with van der Waals surface area (Å²) < 4.78 is 2.15. The van der Waals surface area contributed by atoms with Crippen molar-refractivity contribution < 1.29 is 5.11 Å². The van der Waals surface area contributed by atoms with E-state index in [4.69, 9.17) is 11.6 Å². The van der Waals surface area contributed by atoms with Crippen molar-refractivity contribution in [1.29, 1.82) is 0 Å². The van der Waals surface area contributed by atoms with Crippen molar-refractivity contribution in [3.05, 3.63) is 10.3 Å². The largest absolute Gasteiger partial charge is 0.387 e. The zero-order valence-corrected chi connectivity index (χ0v) is 9.59. The molecule has 74 valence electrons. The lowest BCUT2D eigenvalue weighted by Gasteiger charge is -2.09. The molecule has 1 atom stereocenters. The first-order chi connectivity index (χ1) is 6.16. The van der Waals surface area contributed by atoms with Crippen LogP contribution in [0, 0.1) is 0 Å². The van der Waals surface area contributed by atoms with Gasteiger partial charge < -0.3 is 5.11 Å². The first kappa shape index (κ1) is 10.9. The van der Waals surface area contributed by atoms with Gasteiger partial charge in [0.15, 0.2) is 4.60 Å². The molecule has 0 aliphatic carbocycles. The van der Waals surface area contributed by atoms with E-state index in [1.165, 1.54) is 0 Å². The van der Waals surface area contributed by atoms with Crippen LogP contribution in [0.2, 0.25) is 0 Å². The molecular weight excluding hydrogens is 257 g/mol. The normalized spacial score (nSPS) is 13.2. The highest BCUT2D eigenvalue weighted by molar-refractivity contribution is 9.10. The molecule has 0 radical (unpaired) electrons. The van der Waals surface area contributed by atoms with Crippen molar-refractivity contribution in [2.24, 2.45) is 7.05 Å². The molecule has 1 heterocycles. The summed E-state index contributed by atoms with van der Waals surface area (Å²) in [4.78, 5) is 0. The van der Waals surface area contributed by atoms with Gasteiger partial charge in [0.05, 0.1) is 6.10 Å². The van der Waals surface area contributed by atoms with Crippen molar-refractivity contribution in [3.8, 4) is 0 Å². The number of halogens is 2. The van der Waals surface area contributed by atoms with E-state index in [2.05, 4.69) is 26.2 Å². The fourth-order valence-electron chi connectivity index (χ4n) is 1.10. The van der Waals surface area contributed by atoms with E-state index in [1.807, 2.05) is 0 Å². The molecule has 0 aliphatic heterocycles. The van der Waals surface area contributed by atoms with Gasteiger partial charge in [-0.15, -0.1) is 16.7 Å². The summed E-state index contributed by atoms with van der Waals surface area (Å²) in [6, 6.07) is 0. The molecule has 0 aliphatic rings. The smallest absolute Gasteiger partial charge is 0.154 e. The first-order valence-corrected chi connectivity index (χ1v) is 5.28. The second kappa shape index (κ2) is 4.93. The third kappa shape index (κ3) is 2.65. The molecule has 0 saturated heterocycles. The first-order valence-electron chi connectivity index (χ1n) is 3.96. The van der Waals surface area contributed by atoms with Crippen LogP contribution in [0.5, 0.6) is 0 Å². The zero-order valence-electron chi connectivity index (χ0n) is 7.24. The van der Waals surface area contributed by atoms with Crippen LogP contribution in [0.15, 0.2) is 4.60 Å². The third-order valence-corrected chi connectivity index (χ3v) is 2.59. The predicted octanol–water partition coefficient (Wildman–Crippen LogP) is 1.63. The number of aliphatic hydroxyl groups is 1. The van der Waals surface area contributed by atoms with E-state index >= 15 is 0 Å². The standard InChI is InChI=1S/C7H11BrClN3O/c1-12-6(7(8)10-11-12)5(13)3-2-4-9/h5,13H,2-4H2,1H3. The molecule has 0 fully saturated rings. The molecule has 1 aromatic heterocycles. The lowest BCUT2D eigenvalue weighted by Crippen LogP contribution is -2.06. The number of alkyl halides is 1. The number of aryl methyl sites for hydroxylation is 1. The minimum absolute atomic E-state index is 0.548. The van der Waals surface area contributed by atoms with Gasteiger partial charge in [-0.05, 0) is 28.8 Å². The van der Waals surface area contributed by atoms with Crippen LogP contribution >= 0.6 is 27.5 Å². The number of nitrogens with zero attached hydrogens (tertiary/aromatic N) is 3. The number of aromatic nitrogens is 3. The van der Waals surface area contributed by atoms with Crippen molar-refractivity contribution in [2.75, 3.05) is 5.88 Å². The maximum atomic E-state index is 9.71. The molecule has 0 saturated carbocycles. The molecule has 4 nitrogen and oxygen atoms in total. The van der Waals surface area contributed by atoms with Crippen LogP contribution in [-0.4, -0.2) is 26.0 Å². The van der Waals surface area contributed by atoms with E-state index in [9.17, 15) is 5.11 Å². The Bertz CT molecular complexity index is 259. The summed E-state index contributed by atoms with van der Waals surface area (Å²) in [7, 11) is 1.75. The highest BCUT2D eigenvalue weighted by Gasteiger charge is 2.16. The lowest BCUT2D eigenvalue weighted by atomic mass is 10.1. The van der Waals surface area contributed by atoms with E-state index in [0.29, 0.717) is 22.6 Å². The Kier molecular flexibility index (Phi) is 4.15. The Labute approximate surface area is 90.0 Å². The fourth-order valence-corrected chi connectivity index (χ4v) is 1.85. The Hall–Kier alpha value is -0.130. The molecule has 1 N–H and O–H groups in total. The van der Waals surface area contributed by atoms with Crippen LogP contribution in [0.3, 0.4) is 0 Å². The fraction of sp³-hybridized carbons (Fsp3) is 0.714. The van der Waals surface area contributed by atoms with Crippen molar-refractivity contribution >= 4 is 27.5 Å². The number of aliphatic hydroxyl groups excluding tert-OH is 1. The minimum Gasteiger partial charge on any atom is -0.387 e. The Morgan fingerprint density at radius 2 is 2.38 bits per heavy atom. The van der Waals surface area contributed by atoms with Gasteiger partial charge in [-0.3, -0.25) is 0 Å². The molecule has 1 rings (SSSR count). The van der Waals surface area contributed by atoms with Crippen LogP contribution in [0.4, 0.5) is 0 Å². The van der Waals surface area contributed by atoms with Gasteiger partial charge in [0, 0.05) is 12.9 Å². The Morgan fingerprint density at radius 3 is 2.85 bits per heavy atom. The predicted molar refractivity (Wildman–Crippen MR) is 53.6 cm³/mol. The minimum atomic E-state index is -0.548. The van der Waals surface area contributed by atoms with Gasteiger partial charge in [-0.25, -0.2) is 4.68 Å². The number of rotatable bonds is 4. The average molecular weight is 269 g/mol. The summed E-state index contributed by atoms with van der Waals surface area (Å²) in [5.41, 5.74) is 0.699. The molecule has 13 heavy (non-hydrogen) atoms. The Balaban J connectivity index is 2.69. The van der Waals surface area contributed by atoms with Gasteiger partial charge in [0.25, 0.3) is 0 Å². The van der Waals surface area contributed by atoms with Crippen LogP contribution in [0.1, 0.15) is 24.6 Å². The van der Waals surface area contributed by atoms with E-state index in [1.54, 1.807) is 11.7 Å². The monoisotopic (exact) mass is 267 g/mol. The van der Waals surface area contributed by atoms with Crippen LogP contribution in [0.25, 0.3) is 0 Å². The summed E-state index contributed by atoms with van der Waals surface area (Å²) in [6.45, 7) is 0. The molecule has 1 aromatic rings. The maximum absolute atomic E-state index is 9.71. The molecule has 0 spiro atoms. The van der Waals surface area contributed by atoms with Gasteiger partial charge in [0.2, 0.25) is 0 Å². The zero-order chi connectivity index (χ0) is 9.84. The summed E-state index contributed by atoms with van der Waals surface area (Å²) in [6.07, 6.45) is 0.858. The van der Waals surface area contributed by atoms with Crippen LogP contribution < -0.4 is 0 Å².